The molecule has 7 heteroatoms. The number of sulfonamides is 1. The normalized spacial score (nSPS) is 17.8. The predicted octanol–water partition coefficient (Wildman–Crippen LogP) is 3.49. The summed E-state index contributed by atoms with van der Waals surface area (Å²) in [7, 11) is -3.61. The number of rotatable bonds is 5. The molecule has 0 aromatic heterocycles. The Balaban J connectivity index is 1.83. The molecule has 1 atom stereocenters. The Bertz CT molecular complexity index is 1010. The fourth-order valence-corrected chi connectivity index (χ4v) is 4.44. The predicted molar refractivity (Wildman–Crippen MR) is 115 cm³/mol. The number of nitrogens with one attached hydrogen (secondary N) is 1. The van der Waals surface area contributed by atoms with Crippen LogP contribution in [-0.2, 0) is 14.8 Å². The number of anilines is 1. The third kappa shape index (κ3) is 5.09. The molecule has 29 heavy (non-hydrogen) atoms. The van der Waals surface area contributed by atoms with Gasteiger partial charge in [-0.25, -0.2) is 8.42 Å². The first-order valence-electron chi connectivity index (χ1n) is 9.58. The lowest BCUT2D eigenvalue weighted by Crippen LogP contribution is -2.45. The van der Waals surface area contributed by atoms with Crippen LogP contribution in [0.1, 0.15) is 43.0 Å². The van der Waals surface area contributed by atoms with Gasteiger partial charge in [0.25, 0.3) is 0 Å². The van der Waals surface area contributed by atoms with Crippen LogP contribution < -0.4 is 14.4 Å². The van der Waals surface area contributed by atoms with Crippen LogP contribution in [0.5, 0.6) is 5.75 Å². The average Bonchev–Trinajstić information content (AvgIpc) is 2.60. The molecule has 1 heterocycles. The minimum Gasteiger partial charge on any atom is -0.487 e. The molecule has 6 nitrogen and oxygen atoms in total. The Morgan fingerprint density at radius 1 is 1.14 bits per heavy atom. The maximum Gasteiger partial charge on any atom is 0.241 e. The second-order valence-electron chi connectivity index (χ2n) is 8.33. The zero-order valence-electron chi connectivity index (χ0n) is 17.5. The van der Waals surface area contributed by atoms with Crippen LogP contribution in [0.2, 0.25) is 0 Å². The summed E-state index contributed by atoms with van der Waals surface area (Å²) < 4.78 is 31.8. The molecule has 1 N–H and O–H groups in total. The topological polar surface area (TPSA) is 75.7 Å². The molecular weight excluding hydrogens is 388 g/mol. The lowest BCUT2D eigenvalue weighted by molar-refractivity contribution is -0.120. The van der Waals surface area contributed by atoms with Crippen molar-refractivity contribution < 1.29 is 17.9 Å². The quantitative estimate of drug-likeness (QED) is 0.810. The number of aryl methyl sites for hydroxylation is 2. The van der Waals surface area contributed by atoms with E-state index in [9.17, 15) is 13.2 Å². The van der Waals surface area contributed by atoms with Gasteiger partial charge in [0.2, 0.25) is 15.9 Å². The summed E-state index contributed by atoms with van der Waals surface area (Å²) in [5.74, 6) is 0.391. The Hall–Kier alpha value is -2.54. The number of carbonyl (C=O) groups is 1. The van der Waals surface area contributed by atoms with E-state index >= 15 is 0 Å². The number of fused-ring (bicyclic) bond motifs is 1. The van der Waals surface area contributed by atoms with Gasteiger partial charge in [0.15, 0.2) is 0 Å². The fourth-order valence-electron chi connectivity index (χ4n) is 3.58. The fraction of sp³-hybridized carbons (Fsp3) is 0.409. The number of hydrogen-bond donors (Lipinski definition) is 1. The van der Waals surface area contributed by atoms with Crippen molar-refractivity contribution in [3.8, 4) is 5.75 Å². The molecule has 0 aliphatic carbocycles. The maximum atomic E-state index is 12.9. The summed E-state index contributed by atoms with van der Waals surface area (Å²) in [4.78, 5) is 12.9. The summed E-state index contributed by atoms with van der Waals surface area (Å²) in [5, 5.41) is 3.02. The van der Waals surface area contributed by atoms with Crippen molar-refractivity contribution in [2.24, 2.45) is 0 Å². The summed E-state index contributed by atoms with van der Waals surface area (Å²) in [5.41, 5.74) is 3.04. The van der Waals surface area contributed by atoms with E-state index in [1.54, 1.807) is 12.1 Å². The molecule has 2 aromatic carbocycles. The largest absolute Gasteiger partial charge is 0.487 e. The van der Waals surface area contributed by atoms with Crippen molar-refractivity contribution in [1.82, 2.24) is 5.32 Å². The van der Waals surface area contributed by atoms with E-state index in [-0.39, 0.29) is 18.5 Å². The van der Waals surface area contributed by atoms with Gasteiger partial charge in [0.1, 0.15) is 17.9 Å². The van der Waals surface area contributed by atoms with Crippen LogP contribution in [0.15, 0.2) is 42.5 Å². The maximum absolute atomic E-state index is 12.9. The van der Waals surface area contributed by atoms with Gasteiger partial charge in [0.05, 0.1) is 18.0 Å². The minimum absolute atomic E-state index is 0.249. The first-order valence-corrected chi connectivity index (χ1v) is 11.4. The number of carbonyl (C=O) groups excluding carboxylic acids is 1. The Labute approximate surface area is 172 Å². The van der Waals surface area contributed by atoms with Gasteiger partial charge in [-0.1, -0.05) is 35.4 Å². The number of nitrogens with zero attached hydrogens (tertiary/aromatic N) is 1. The van der Waals surface area contributed by atoms with Crippen molar-refractivity contribution in [1.29, 1.82) is 0 Å². The summed E-state index contributed by atoms with van der Waals surface area (Å²) in [6.45, 7) is 7.59. The van der Waals surface area contributed by atoms with Gasteiger partial charge in [0, 0.05) is 12.0 Å². The van der Waals surface area contributed by atoms with E-state index < -0.39 is 15.6 Å². The van der Waals surface area contributed by atoms with Crippen LogP contribution in [-0.4, -0.2) is 32.7 Å². The summed E-state index contributed by atoms with van der Waals surface area (Å²) in [6.07, 6.45) is 1.70. The van der Waals surface area contributed by atoms with Crippen molar-refractivity contribution in [2.45, 2.75) is 45.8 Å². The second-order valence-corrected chi connectivity index (χ2v) is 10.2. The molecule has 2 aromatic rings. The molecule has 0 fully saturated rings. The van der Waals surface area contributed by atoms with Gasteiger partial charge >= 0.3 is 0 Å². The first-order chi connectivity index (χ1) is 13.4. The Morgan fingerprint density at radius 2 is 1.76 bits per heavy atom. The third-order valence-corrected chi connectivity index (χ3v) is 6.11. The van der Waals surface area contributed by atoms with Crippen molar-refractivity contribution in [3.05, 3.63) is 59.2 Å². The molecule has 0 spiro atoms. The smallest absolute Gasteiger partial charge is 0.241 e. The third-order valence-electron chi connectivity index (χ3n) is 4.97. The second kappa shape index (κ2) is 7.71. The highest BCUT2D eigenvalue weighted by Gasteiger charge is 2.35. The van der Waals surface area contributed by atoms with Crippen LogP contribution in [0.3, 0.4) is 0 Å². The number of amides is 1. The van der Waals surface area contributed by atoms with E-state index in [2.05, 4.69) is 5.32 Å². The number of hydrogen-bond acceptors (Lipinski definition) is 4. The Kier molecular flexibility index (Phi) is 5.63. The molecular formula is C22H28N2O4S. The molecule has 0 bridgehead atoms. The first kappa shape index (κ1) is 21.2. The van der Waals surface area contributed by atoms with Gasteiger partial charge in [-0.2, -0.15) is 0 Å². The SMILES string of the molecule is Cc1ccc(N(CC(=O)NC2CC(C)(C)Oc3ccc(C)cc32)S(C)(=O)=O)cc1. The van der Waals surface area contributed by atoms with Gasteiger partial charge in [-0.15, -0.1) is 0 Å². The van der Waals surface area contributed by atoms with Gasteiger partial charge in [-0.05, 0) is 45.9 Å². The van der Waals surface area contributed by atoms with E-state index in [4.69, 9.17) is 4.74 Å². The molecule has 0 radical (unpaired) electrons. The molecule has 0 saturated heterocycles. The Morgan fingerprint density at radius 3 is 2.38 bits per heavy atom. The molecule has 3 rings (SSSR count). The monoisotopic (exact) mass is 416 g/mol. The lowest BCUT2D eigenvalue weighted by Gasteiger charge is -2.38. The highest BCUT2D eigenvalue weighted by molar-refractivity contribution is 7.92. The highest BCUT2D eigenvalue weighted by Crippen LogP contribution is 2.39. The number of benzene rings is 2. The van der Waals surface area contributed by atoms with E-state index in [1.807, 2.05) is 58.0 Å². The molecule has 1 aliphatic heterocycles. The molecule has 156 valence electrons. The minimum atomic E-state index is -3.61. The molecule has 1 amide bonds. The van der Waals surface area contributed by atoms with Crippen LogP contribution in [0.4, 0.5) is 5.69 Å². The van der Waals surface area contributed by atoms with Gasteiger partial charge < -0.3 is 10.1 Å². The van der Waals surface area contributed by atoms with Crippen molar-refractivity contribution >= 4 is 21.6 Å². The zero-order chi connectivity index (χ0) is 21.4. The van der Waals surface area contributed by atoms with Crippen LogP contribution in [0.25, 0.3) is 0 Å². The summed E-state index contributed by atoms with van der Waals surface area (Å²) in [6, 6.07) is 12.7. The van der Waals surface area contributed by atoms with Crippen LogP contribution in [0, 0.1) is 13.8 Å². The van der Waals surface area contributed by atoms with E-state index in [0.29, 0.717) is 12.1 Å². The molecule has 0 saturated carbocycles. The van der Waals surface area contributed by atoms with Crippen molar-refractivity contribution in [2.75, 3.05) is 17.1 Å². The average molecular weight is 417 g/mol. The lowest BCUT2D eigenvalue weighted by atomic mass is 9.89. The zero-order valence-corrected chi connectivity index (χ0v) is 18.3. The van der Waals surface area contributed by atoms with Gasteiger partial charge in [-0.3, -0.25) is 9.10 Å². The molecule has 1 aliphatic rings. The highest BCUT2D eigenvalue weighted by atomic mass is 32.2. The standard InChI is InChI=1S/C22H28N2O4S/c1-15-6-9-17(10-7-15)24(29(5,26)27)14-21(25)23-19-13-22(3,4)28-20-11-8-16(2)12-18(19)20/h6-12,19H,13-14H2,1-5H3,(H,23,25). The molecule has 1 unspecified atom stereocenters. The number of ether oxygens (including phenoxy) is 1. The summed E-state index contributed by atoms with van der Waals surface area (Å²) >= 11 is 0. The van der Waals surface area contributed by atoms with E-state index in [0.717, 1.165) is 33.0 Å². The van der Waals surface area contributed by atoms with E-state index in [1.165, 1.54) is 0 Å². The van der Waals surface area contributed by atoms with Crippen LogP contribution >= 0.6 is 0 Å². The van der Waals surface area contributed by atoms with Crippen molar-refractivity contribution in [3.63, 3.8) is 0 Å².